The molecule has 1 fully saturated rings. The third-order valence-electron chi connectivity index (χ3n) is 5.49. The maximum atomic E-state index is 13.1. The highest BCUT2D eigenvalue weighted by molar-refractivity contribution is 7.91. The van der Waals surface area contributed by atoms with E-state index in [4.69, 9.17) is 4.74 Å². The Bertz CT molecular complexity index is 954. The van der Waals surface area contributed by atoms with Crippen molar-refractivity contribution in [2.75, 3.05) is 12.9 Å². The lowest BCUT2D eigenvalue weighted by Crippen LogP contribution is -2.43. The van der Waals surface area contributed by atoms with Crippen LogP contribution in [0.5, 0.6) is 0 Å². The predicted molar refractivity (Wildman–Crippen MR) is 108 cm³/mol. The minimum absolute atomic E-state index is 0.279. The molecule has 3 atom stereocenters. The normalized spacial score (nSPS) is 22.5. The minimum Gasteiger partial charge on any atom is -0.363 e. The van der Waals surface area contributed by atoms with Crippen LogP contribution in [0.1, 0.15) is 40.9 Å². The van der Waals surface area contributed by atoms with Crippen molar-refractivity contribution in [2.45, 2.75) is 36.7 Å². The van der Waals surface area contributed by atoms with Gasteiger partial charge in [-0.25, -0.2) is 8.42 Å². The first-order valence-corrected chi connectivity index (χ1v) is 11.6. The van der Waals surface area contributed by atoms with Gasteiger partial charge in [-0.15, -0.1) is 0 Å². The summed E-state index contributed by atoms with van der Waals surface area (Å²) in [6.07, 6.45) is 3.28. The second kappa shape index (κ2) is 7.68. The molecular formula is C22H25NO4S. The first-order chi connectivity index (χ1) is 13.4. The van der Waals surface area contributed by atoms with Crippen LogP contribution in [0.25, 0.3) is 0 Å². The molecule has 2 aliphatic carbocycles. The number of benzene rings is 2. The minimum atomic E-state index is -3.37. The molecule has 6 heteroatoms. The van der Waals surface area contributed by atoms with Crippen molar-refractivity contribution < 1.29 is 17.9 Å². The number of nitrogens with one attached hydrogen (secondary N) is 1. The van der Waals surface area contributed by atoms with Crippen LogP contribution in [0.4, 0.5) is 0 Å². The fraction of sp³-hybridized carbons (Fsp3) is 0.409. The largest absolute Gasteiger partial charge is 0.363 e. The summed E-state index contributed by atoms with van der Waals surface area (Å²) in [6, 6.07) is 16.4. The number of ether oxygens (including phenoxy) is 1. The number of rotatable bonds is 7. The van der Waals surface area contributed by atoms with Gasteiger partial charge in [-0.05, 0) is 41.9 Å². The van der Waals surface area contributed by atoms with Crippen molar-refractivity contribution in [3.63, 3.8) is 0 Å². The molecular weight excluding hydrogens is 374 g/mol. The quantitative estimate of drug-likeness (QED) is 0.777. The van der Waals surface area contributed by atoms with Gasteiger partial charge in [-0.1, -0.05) is 54.6 Å². The van der Waals surface area contributed by atoms with E-state index in [0.29, 0.717) is 18.9 Å². The number of carbonyl (C=O) groups is 1. The molecule has 0 aromatic heterocycles. The molecule has 2 aliphatic rings. The number of carbonyl (C=O) groups excluding carboxylic acids is 1. The van der Waals surface area contributed by atoms with Crippen molar-refractivity contribution in [1.82, 2.24) is 5.32 Å². The van der Waals surface area contributed by atoms with Gasteiger partial charge in [0.15, 0.2) is 15.9 Å². The molecule has 148 valence electrons. The van der Waals surface area contributed by atoms with Crippen LogP contribution in [0.15, 0.2) is 54.6 Å². The van der Waals surface area contributed by atoms with E-state index in [9.17, 15) is 13.2 Å². The number of fused-ring (bicyclic) bond motifs is 1. The van der Waals surface area contributed by atoms with Crippen LogP contribution >= 0.6 is 0 Å². The Morgan fingerprint density at radius 3 is 2.46 bits per heavy atom. The monoisotopic (exact) mass is 399 g/mol. The number of amides is 1. The molecule has 0 saturated heterocycles. The first kappa shape index (κ1) is 19.2. The molecule has 4 rings (SSSR count). The average Bonchev–Trinajstić information content (AvgIpc) is 3.40. The Hall–Kier alpha value is -2.18. The van der Waals surface area contributed by atoms with Gasteiger partial charge < -0.3 is 10.1 Å². The van der Waals surface area contributed by atoms with Gasteiger partial charge in [0.25, 0.3) is 5.91 Å². The lowest BCUT2D eigenvalue weighted by Gasteiger charge is -2.24. The summed E-state index contributed by atoms with van der Waals surface area (Å²) < 4.78 is 30.9. The molecule has 1 N–H and O–H groups in total. The van der Waals surface area contributed by atoms with Crippen molar-refractivity contribution in [3.05, 3.63) is 71.3 Å². The van der Waals surface area contributed by atoms with Gasteiger partial charge in [0.2, 0.25) is 0 Å². The van der Waals surface area contributed by atoms with Gasteiger partial charge >= 0.3 is 0 Å². The Balaban J connectivity index is 1.56. The Kier molecular flexibility index (Phi) is 5.25. The van der Waals surface area contributed by atoms with Gasteiger partial charge in [0.05, 0.1) is 12.6 Å². The van der Waals surface area contributed by atoms with E-state index in [-0.39, 0.29) is 5.91 Å². The summed E-state index contributed by atoms with van der Waals surface area (Å²) in [5, 5.41) is 2.25. The lowest BCUT2D eigenvalue weighted by atomic mass is 10.1. The molecule has 0 spiro atoms. The molecule has 1 saturated carbocycles. The van der Waals surface area contributed by atoms with Gasteiger partial charge in [0, 0.05) is 6.26 Å². The Morgan fingerprint density at radius 1 is 1.11 bits per heavy atom. The topological polar surface area (TPSA) is 72.5 Å². The summed E-state index contributed by atoms with van der Waals surface area (Å²) in [7, 11) is -3.37. The van der Waals surface area contributed by atoms with Gasteiger partial charge in [0.1, 0.15) is 5.25 Å². The summed E-state index contributed by atoms with van der Waals surface area (Å²) in [6.45, 7) is 0.549. The maximum absolute atomic E-state index is 13.1. The zero-order valence-corrected chi connectivity index (χ0v) is 16.7. The molecule has 2 aromatic carbocycles. The molecule has 0 heterocycles. The molecule has 5 nitrogen and oxygen atoms in total. The van der Waals surface area contributed by atoms with E-state index in [2.05, 4.69) is 5.32 Å². The van der Waals surface area contributed by atoms with Crippen LogP contribution in [-0.4, -0.2) is 33.2 Å². The second-order valence-corrected chi connectivity index (χ2v) is 10.0. The zero-order chi connectivity index (χ0) is 19.7. The molecule has 28 heavy (non-hydrogen) atoms. The van der Waals surface area contributed by atoms with Crippen LogP contribution < -0.4 is 5.32 Å². The SMILES string of the molecule is CS(=O)(=O)[C@H]1c2ccccc2C[C@@H]1NC(=O)C(OCC1CC1)c1ccccc1. The fourth-order valence-electron chi connectivity index (χ4n) is 3.94. The van der Waals surface area contributed by atoms with E-state index in [1.165, 1.54) is 6.26 Å². The molecule has 2 aromatic rings. The molecule has 0 radical (unpaired) electrons. The number of hydrogen-bond acceptors (Lipinski definition) is 4. The standard InChI is InChI=1S/C22H25NO4S/c1-28(25,26)21-18-10-6-5-9-17(18)13-19(21)23-22(24)20(27-14-15-11-12-15)16-7-3-2-4-8-16/h2-10,15,19-21H,11-14H2,1H3,(H,23,24)/t19-,20?,21-/m0/s1. The average molecular weight is 400 g/mol. The molecule has 0 bridgehead atoms. The van der Waals surface area contributed by atoms with E-state index in [0.717, 1.165) is 29.5 Å². The van der Waals surface area contributed by atoms with E-state index >= 15 is 0 Å². The fourth-order valence-corrected chi connectivity index (χ4v) is 5.39. The number of sulfone groups is 1. The predicted octanol–water partition coefficient (Wildman–Crippen LogP) is 2.98. The molecule has 0 aliphatic heterocycles. The van der Waals surface area contributed by atoms with E-state index in [1.807, 2.05) is 54.6 Å². The smallest absolute Gasteiger partial charge is 0.254 e. The Morgan fingerprint density at radius 2 is 1.79 bits per heavy atom. The van der Waals surface area contributed by atoms with Crippen molar-refractivity contribution in [3.8, 4) is 0 Å². The van der Waals surface area contributed by atoms with Crippen LogP contribution in [0.3, 0.4) is 0 Å². The summed E-state index contributed by atoms with van der Waals surface area (Å²) in [5.74, 6) is 0.247. The highest BCUT2D eigenvalue weighted by Gasteiger charge is 2.41. The Labute approximate surface area is 166 Å². The van der Waals surface area contributed by atoms with Gasteiger partial charge in [-0.2, -0.15) is 0 Å². The van der Waals surface area contributed by atoms with Crippen molar-refractivity contribution in [1.29, 1.82) is 0 Å². The van der Waals surface area contributed by atoms with Crippen molar-refractivity contribution >= 4 is 15.7 Å². The number of hydrogen-bond donors (Lipinski definition) is 1. The maximum Gasteiger partial charge on any atom is 0.254 e. The van der Waals surface area contributed by atoms with Crippen LogP contribution in [-0.2, 0) is 25.8 Å². The third-order valence-corrected chi connectivity index (χ3v) is 7.00. The van der Waals surface area contributed by atoms with E-state index in [1.54, 1.807) is 0 Å². The van der Waals surface area contributed by atoms with Crippen molar-refractivity contribution in [2.24, 2.45) is 5.92 Å². The highest BCUT2D eigenvalue weighted by Crippen LogP contribution is 2.37. The lowest BCUT2D eigenvalue weighted by molar-refractivity contribution is -0.134. The molecule has 1 amide bonds. The second-order valence-electron chi connectivity index (χ2n) is 7.84. The van der Waals surface area contributed by atoms with E-state index < -0.39 is 27.2 Å². The van der Waals surface area contributed by atoms with Gasteiger partial charge in [-0.3, -0.25) is 4.79 Å². The summed E-state index contributed by atoms with van der Waals surface area (Å²) >= 11 is 0. The summed E-state index contributed by atoms with van der Waals surface area (Å²) in [4.78, 5) is 13.1. The first-order valence-electron chi connectivity index (χ1n) is 9.67. The highest BCUT2D eigenvalue weighted by atomic mass is 32.2. The third kappa shape index (κ3) is 4.13. The van der Waals surface area contributed by atoms with Crippen LogP contribution in [0, 0.1) is 5.92 Å². The summed E-state index contributed by atoms with van der Waals surface area (Å²) in [5.41, 5.74) is 2.54. The molecule has 1 unspecified atom stereocenters. The van der Waals surface area contributed by atoms with Crippen LogP contribution in [0.2, 0.25) is 0 Å². The zero-order valence-electron chi connectivity index (χ0n) is 15.9.